The van der Waals surface area contributed by atoms with Crippen molar-refractivity contribution in [1.82, 2.24) is 4.98 Å². The molecule has 3 aromatic rings. The average molecular weight is 325 g/mol. The predicted molar refractivity (Wildman–Crippen MR) is 93.2 cm³/mol. The first-order valence-corrected chi connectivity index (χ1v) is 7.48. The molecule has 0 aliphatic heterocycles. The van der Waals surface area contributed by atoms with Gasteiger partial charge in [-0.15, -0.1) is 0 Å². The van der Waals surface area contributed by atoms with Crippen LogP contribution >= 0.6 is 0 Å². The molecular weight excluding hydrogens is 306 g/mol. The summed E-state index contributed by atoms with van der Waals surface area (Å²) in [5, 5.41) is 11.8. The number of aromatic hydroxyl groups is 1. The van der Waals surface area contributed by atoms with Gasteiger partial charge in [0.25, 0.3) is 0 Å². The monoisotopic (exact) mass is 325 g/mol. The van der Waals surface area contributed by atoms with E-state index in [1.807, 2.05) is 31.2 Å². The summed E-state index contributed by atoms with van der Waals surface area (Å²) >= 11 is 0. The quantitative estimate of drug-likeness (QED) is 0.787. The van der Waals surface area contributed by atoms with Crippen molar-refractivity contribution in [2.75, 3.05) is 21.3 Å². The maximum absolute atomic E-state index is 9.76. The van der Waals surface area contributed by atoms with Crippen LogP contribution in [-0.4, -0.2) is 31.4 Å². The van der Waals surface area contributed by atoms with Gasteiger partial charge >= 0.3 is 0 Å². The summed E-state index contributed by atoms with van der Waals surface area (Å²) in [7, 11) is 4.75. The lowest BCUT2D eigenvalue weighted by atomic mass is 10.0. The highest BCUT2D eigenvalue weighted by Crippen LogP contribution is 2.36. The number of benzene rings is 2. The minimum atomic E-state index is 0.102. The molecule has 0 amide bonds. The summed E-state index contributed by atoms with van der Waals surface area (Å²) < 4.78 is 15.9. The normalized spacial score (nSPS) is 10.7. The average Bonchev–Trinajstić information content (AvgIpc) is 2.60. The first-order chi connectivity index (χ1) is 11.6. The van der Waals surface area contributed by atoms with Crippen molar-refractivity contribution in [3.8, 4) is 34.3 Å². The van der Waals surface area contributed by atoms with Gasteiger partial charge in [0, 0.05) is 16.6 Å². The van der Waals surface area contributed by atoms with Gasteiger partial charge in [0.1, 0.15) is 0 Å². The minimum Gasteiger partial charge on any atom is -0.504 e. The Labute approximate surface area is 140 Å². The zero-order chi connectivity index (χ0) is 17.3. The van der Waals surface area contributed by atoms with Crippen LogP contribution in [0.1, 0.15) is 5.69 Å². The third-order valence-corrected chi connectivity index (χ3v) is 4.00. The summed E-state index contributed by atoms with van der Waals surface area (Å²) in [4.78, 5) is 4.67. The molecule has 0 spiro atoms. The number of phenolic OH excluding ortho intramolecular Hbond substituents is 1. The first kappa shape index (κ1) is 15.9. The summed E-state index contributed by atoms with van der Waals surface area (Å²) in [6, 6.07) is 11.0. The zero-order valence-corrected chi connectivity index (χ0v) is 14.1. The van der Waals surface area contributed by atoms with Crippen LogP contribution in [0.4, 0.5) is 0 Å². The molecule has 0 aliphatic rings. The number of phenols is 1. The van der Waals surface area contributed by atoms with Crippen molar-refractivity contribution in [2.45, 2.75) is 6.92 Å². The molecule has 24 heavy (non-hydrogen) atoms. The fourth-order valence-electron chi connectivity index (χ4n) is 2.73. The Kier molecular flexibility index (Phi) is 4.16. The first-order valence-electron chi connectivity index (χ1n) is 7.48. The third kappa shape index (κ3) is 2.69. The van der Waals surface area contributed by atoms with Crippen molar-refractivity contribution in [3.05, 3.63) is 42.1 Å². The molecule has 0 aliphatic carbocycles. The second-order valence-electron chi connectivity index (χ2n) is 5.41. The molecule has 124 valence electrons. The van der Waals surface area contributed by atoms with E-state index in [0.717, 1.165) is 27.7 Å². The van der Waals surface area contributed by atoms with Gasteiger partial charge in [-0.1, -0.05) is 0 Å². The molecule has 3 rings (SSSR count). The van der Waals surface area contributed by atoms with Gasteiger partial charge < -0.3 is 19.3 Å². The van der Waals surface area contributed by atoms with E-state index in [-0.39, 0.29) is 5.75 Å². The number of aromatic nitrogens is 1. The van der Waals surface area contributed by atoms with Gasteiger partial charge in [0.15, 0.2) is 23.0 Å². The van der Waals surface area contributed by atoms with Crippen molar-refractivity contribution in [2.24, 2.45) is 0 Å². The van der Waals surface area contributed by atoms with Crippen molar-refractivity contribution in [1.29, 1.82) is 0 Å². The lowest BCUT2D eigenvalue weighted by molar-refractivity contribution is 0.356. The molecule has 0 unspecified atom stereocenters. The maximum atomic E-state index is 9.76. The number of nitrogens with zero attached hydrogens (tertiary/aromatic N) is 1. The van der Waals surface area contributed by atoms with Crippen molar-refractivity contribution in [3.63, 3.8) is 0 Å². The van der Waals surface area contributed by atoms with Crippen LogP contribution < -0.4 is 14.2 Å². The number of methoxy groups -OCH3 is 3. The van der Waals surface area contributed by atoms with E-state index >= 15 is 0 Å². The van der Waals surface area contributed by atoms with Crippen LogP contribution in [0.25, 0.3) is 22.0 Å². The highest BCUT2D eigenvalue weighted by molar-refractivity contribution is 5.90. The lowest BCUT2D eigenvalue weighted by Gasteiger charge is -2.12. The molecule has 0 saturated carbocycles. The van der Waals surface area contributed by atoms with Gasteiger partial charge in [0.05, 0.1) is 27.0 Å². The van der Waals surface area contributed by atoms with E-state index < -0.39 is 0 Å². The minimum absolute atomic E-state index is 0.102. The Hall–Kier alpha value is -2.95. The Morgan fingerprint density at radius 3 is 2.17 bits per heavy atom. The number of hydrogen-bond donors (Lipinski definition) is 1. The largest absolute Gasteiger partial charge is 0.504 e. The second kappa shape index (κ2) is 6.28. The molecule has 0 bridgehead atoms. The smallest absolute Gasteiger partial charge is 0.161 e. The lowest BCUT2D eigenvalue weighted by Crippen LogP contribution is -1.94. The van der Waals surface area contributed by atoms with Gasteiger partial charge in [-0.25, -0.2) is 0 Å². The zero-order valence-electron chi connectivity index (χ0n) is 14.1. The Balaban J connectivity index is 2.20. The van der Waals surface area contributed by atoms with Crippen molar-refractivity contribution >= 4 is 10.8 Å². The predicted octanol–water partition coefficient (Wildman–Crippen LogP) is 3.94. The van der Waals surface area contributed by atoms with E-state index in [9.17, 15) is 5.11 Å². The molecule has 1 N–H and O–H groups in total. The van der Waals surface area contributed by atoms with E-state index in [1.165, 1.54) is 7.11 Å². The molecule has 5 heteroatoms. The standard InChI is InChI=1S/C19H19NO4/c1-11-14-10-19(24-4)18(23-3)9-13(14)7-15(20-11)12-5-6-16(21)17(8-12)22-2/h5-10,21H,1-4H3. The van der Waals surface area contributed by atoms with E-state index in [4.69, 9.17) is 14.2 Å². The van der Waals surface area contributed by atoms with E-state index in [2.05, 4.69) is 4.98 Å². The molecular formula is C19H19NO4. The van der Waals surface area contributed by atoms with Crippen LogP contribution in [0.2, 0.25) is 0 Å². The summed E-state index contributed by atoms with van der Waals surface area (Å²) in [5.41, 5.74) is 2.55. The highest BCUT2D eigenvalue weighted by Gasteiger charge is 2.12. The SMILES string of the molecule is COc1cc(-c2cc3cc(OC)c(OC)cc3c(C)n2)ccc1O. The molecule has 5 nitrogen and oxygen atoms in total. The van der Waals surface area contributed by atoms with Crippen molar-refractivity contribution < 1.29 is 19.3 Å². The molecule has 0 atom stereocenters. The number of ether oxygens (including phenoxy) is 3. The molecule has 0 radical (unpaired) electrons. The van der Waals surface area contributed by atoms with Crippen LogP contribution in [-0.2, 0) is 0 Å². The molecule has 1 heterocycles. The molecule has 0 fully saturated rings. The summed E-state index contributed by atoms with van der Waals surface area (Å²) in [5.74, 6) is 1.86. The molecule has 2 aromatic carbocycles. The second-order valence-corrected chi connectivity index (χ2v) is 5.41. The van der Waals surface area contributed by atoms with Gasteiger partial charge in [-0.05, 0) is 48.7 Å². The van der Waals surface area contributed by atoms with Gasteiger partial charge in [-0.2, -0.15) is 0 Å². The van der Waals surface area contributed by atoms with Crippen LogP contribution in [0, 0.1) is 6.92 Å². The Morgan fingerprint density at radius 1 is 0.833 bits per heavy atom. The highest BCUT2D eigenvalue weighted by atomic mass is 16.5. The van der Waals surface area contributed by atoms with Gasteiger partial charge in [0.2, 0.25) is 0 Å². The van der Waals surface area contributed by atoms with Crippen LogP contribution in [0.5, 0.6) is 23.0 Å². The van der Waals surface area contributed by atoms with Gasteiger partial charge in [-0.3, -0.25) is 4.98 Å². The van der Waals surface area contributed by atoms with E-state index in [1.54, 1.807) is 26.4 Å². The number of pyridine rings is 1. The Bertz CT molecular complexity index is 905. The summed E-state index contributed by atoms with van der Waals surface area (Å²) in [6.07, 6.45) is 0. The number of aryl methyl sites for hydroxylation is 1. The van der Waals surface area contributed by atoms with Crippen LogP contribution in [0.15, 0.2) is 36.4 Å². The number of rotatable bonds is 4. The van der Waals surface area contributed by atoms with E-state index in [0.29, 0.717) is 17.2 Å². The summed E-state index contributed by atoms with van der Waals surface area (Å²) in [6.45, 7) is 1.95. The number of hydrogen-bond acceptors (Lipinski definition) is 5. The fraction of sp³-hybridized carbons (Fsp3) is 0.211. The number of fused-ring (bicyclic) bond motifs is 1. The van der Waals surface area contributed by atoms with Crippen LogP contribution in [0.3, 0.4) is 0 Å². The third-order valence-electron chi connectivity index (χ3n) is 4.00. The maximum Gasteiger partial charge on any atom is 0.161 e. The Morgan fingerprint density at radius 2 is 1.50 bits per heavy atom. The fourth-order valence-corrected chi connectivity index (χ4v) is 2.73. The molecule has 1 aromatic heterocycles. The molecule has 0 saturated heterocycles. The topological polar surface area (TPSA) is 60.8 Å².